The highest BCUT2D eigenvalue weighted by Gasteiger charge is 2.10. The van der Waals surface area contributed by atoms with E-state index in [1.54, 1.807) is 6.20 Å². The van der Waals surface area contributed by atoms with E-state index in [2.05, 4.69) is 40.7 Å². The number of halogens is 1. The molecule has 102 valence electrons. The lowest BCUT2D eigenvalue weighted by Gasteiger charge is -2.17. The minimum atomic E-state index is 0.381. The van der Waals surface area contributed by atoms with Crippen molar-refractivity contribution in [1.82, 2.24) is 9.97 Å². The highest BCUT2D eigenvalue weighted by molar-refractivity contribution is 7.98. The van der Waals surface area contributed by atoms with Crippen LogP contribution in [0.2, 0.25) is 5.02 Å². The molecule has 0 spiro atoms. The largest absolute Gasteiger partial charge is 0.365 e. The minimum Gasteiger partial charge on any atom is -0.365 e. The third-order valence-electron chi connectivity index (χ3n) is 2.48. The van der Waals surface area contributed by atoms with Gasteiger partial charge in [-0.1, -0.05) is 25.4 Å². The molecule has 1 rings (SSSR count). The Morgan fingerprint density at radius 2 is 2.22 bits per heavy atom. The molecule has 0 aliphatic heterocycles. The third kappa shape index (κ3) is 4.90. The Labute approximate surface area is 118 Å². The van der Waals surface area contributed by atoms with Gasteiger partial charge in [0.25, 0.3) is 0 Å². The summed E-state index contributed by atoms with van der Waals surface area (Å²) in [4.78, 5) is 8.56. The van der Waals surface area contributed by atoms with Crippen molar-refractivity contribution in [2.45, 2.75) is 32.7 Å². The first kappa shape index (κ1) is 15.4. The molecule has 0 aliphatic carbocycles. The first-order valence-corrected chi connectivity index (χ1v) is 8.00. The fourth-order valence-corrected chi connectivity index (χ4v) is 2.31. The lowest BCUT2D eigenvalue weighted by molar-refractivity contribution is 0.769. The van der Waals surface area contributed by atoms with Crippen molar-refractivity contribution < 1.29 is 0 Å². The van der Waals surface area contributed by atoms with Gasteiger partial charge >= 0.3 is 0 Å². The average Bonchev–Trinajstić information content (AvgIpc) is 2.38. The third-order valence-corrected chi connectivity index (χ3v) is 3.49. The molecule has 1 atom stereocenters. The lowest BCUT2D eigenvalue weighted by atomic mass is 10.2. The maximum absolute atomic E-state index is 6.11. The highest BCUT2D eigenvalue weighted by atomic mass is 35.5. The maximum atomic E-state index is 6.11. The van der Waals surface area contributed by atoms with Crippen LogP contribution in [0.5, 0.6) is 0 Å². The quantitative estimate of drug-likeness (QED) is 0.767. The summed E-state index contributed by atoms with van der Waals surface area (Å²) in [6.45, 7) is 5.12. The van der Waals surface area contributed by atoms with E-state index >= 15 is 0 Å². The van der Waals surface area contributed by atoms with Crippen molar-refractivity contribution in [1.29, 1.82) is 0 Å². The summed E-state index contributed by atoms with van der Waals surface area (Å²) in [5.41, 5.74) is 0. The number of anilines is 2. The molecule has 0 amide bonds. The van der Waals surface area contributed by atoms with Crippen LogP contribution in [0.1, 0.15) is 26.7 Å². The van der Waals surface area contributed by atoms with E-state index in [1.807, 2.05) is 11.8 Å². The maximum Gasteiger partial charge on any atom is 0.224 e. The topological polar surface area (TPSA) is 49.8 Å². The molecule has 0 aromatic carbocycles. The molecule has 0 bridgehead atoms. The molecule has 0 saturated carbocycles. The second-order valence-corrected chi connectivity index (χ2v) is 5.34. The van der Waals surface area contributed by atoms with E-state index in [0.717, 1.165) is 25.1 Å². The number of hydrogen-bond donors (Lipinski definition) is 2. The molecule has 1 heterocycles. The summed E-state index contributed by atoms with van der Waals surface area (Å²) in [6.07, 6.45) is 5.82. The zero-order valence-electron chi connectivity index (χ0n) is 11.2. The van der Waals surface area contributed by atoms with Gasteiger partial charge in [-0.15, -0.1) is 0 Å². The van der Waals surface area contributed by atoms with Gasteiger partial charge in [0.2, 0.25) is 5.95 Å². The number of nitrogens with zero attached hydrogens (tertiary/aromatic N) is 2. The van der Waals surface area contributed by atoms with E-state index in [-0.39, 0.29) is 0 Å². The second-order valence-electron chi connectivity index (χ2n) is 4.02. The minimum absolute atomic E-state index is 0.381. The van der Waals surface area contributed by atoms with E-state index < -0.39 is 0 Å². The molecule has 4 nitrogen and oxygen atoms in total. The van der Waals surface area contributed by atoms with E-state index in [4.69, 9.17) is 11.6 Å². The van der Waals surface area contributed by atoms with Crippen LogP contribution in [0.4, 0.5) is 11.8 Å². The van der Waals surface area contributed by atoms with Gasteiger partial charge in [-0.25, -0.2) is 4.98 Å². The normalized spacial score (nSPS) is 12.2. The summed E-state index contributed by atoms with van der Waals surface area (Å²) in [6, 6.07) is 0.381. The first-order chi connectivity index (χ1) is 8.71. The molecule has 0 fully saturated rings. The summed E-state index contributed by atoms with van der Waals surface area (Å²) in [5.74, 6) is 2.38. The Morgan fingerprint density at radius 3 is 2.83 bits per heavy atom. The second kappa shape index (κ2) is 8.43. The van der Waals surface area contributed by atoms with Crippen molar-refractivity contribution in [2.75, 3.05) is 29.2 Å². The summed E-state index contributed by atoms with van der Waals surface area (Å²) < 4.78 is 0. The van der Waals surface area contributed by atoms with Crippen molar-refractivity contribution in [3.8, 4) is 0 Å². The number of rotatable bonds is 8. The number of hydrogen-bond acceptors (Lipinski definition) is 5. The van der Waals surface area contributed by atoms with Gasteiger partial charge < -0.3 is 10.6 Å². The summed E-state index contributed by atoms with van der Waals surface area (Å²) >= 11 is 7.92. The predicted molar refractivity (Wildman–Crippen MR) is 81.9 cm³/mol. The molecule has 0 radical (unpaired) electrons. The summed E-state index contributed by atoms with van der Waals surface area (Å²) in [5, 5.41) is 7.10. The van der Waals surface area contributed by atoms with Crippen LogP contribution in [0.25, 0.3) is 0 Å². The SMILES string of the molecule is CCCNc1ncc(Cl)c(NC(CC)CSC)n1. The zero-order valence-corrected chi connectivity index (χ0v) is 12.7. The highest BCUT2D eigenvalue weighted by Crippen LogP contribution is 2.21. The fourth-order valence-electron chi connectivity index (χ4n) is 1.45. The molecule has 2 N–H and O–H groups in total. The van der Waals surface area contributed by atoms with Crippen molar-refractivity contribution >= 4 is 35.1 Å². The van der Waals surface area contributed by atoms with Gasteiger partial charge in [-0.05, 0) is 19.1 Å². The van der Waals surface area contributed by atoms with Crippen LogP contribution in [-0.4, -0.2) is 34.6 Å². The van der Waals surface area contributed by atoms with Gasteiger partial charge in [0, 0.05) is 18.3 Å². The lowest BCUT2D eigenvalue weighted by Crippen LogP contribution is -2.22. The number of thioether (sulfide) groups is 1. The molecular weight excluding hydrogens is 268 g/mol. The smallest absolute Gasteiger partial charge is 0.224 e. The summed E-state index contributed by atoms with van der Waals surface area (Å²) in [7, 11) is 0. The van der Waals surface area contributed by atoms with Gasteiger partial charge in [-0.3, -0.25) is 0 Å². The number of nitrogens with one attached hydrogen (secondary N) is 2. The molecule has 1 aromatic heterocycles. The zero-order chi connectivity index (χ0) is 13.4. The van der Waals surface area contributed by atoms with Crippen molar-refractivity contribution in [3.05, 3.63) is 11.2 Å². The molecule has 0 aliphatic rings. The van der Waals surface area contributed by atoms with Crippen LogP contribution in [-0.2, 0) is 0 Å². The Morgan fingerprint density at radius 1 is 1.44 bits per heavy atom. The molecule has 1 aromatic rings. The van der Waals surface area contributed by atoms with Gasteiger partial charge in [0.1, 0.15) is 5.02 Å². The molecule has 6 heteroatoms. The van der Waals surface area contributed by atoms with Crippen LogP contribution in [0, 0.1) is 0 Å². The Balaban J connectivity index is 2.73. The van der Waals surface area contributed by atoms with Crippen molar-refractivity contribution in [2.24, 2.45) is 0 Å². The molecular formula is C12H21ClN4S. The van der Waals surface area contributed by atoms with Gasteiger partial charge in [0.05, 0.1) is 6.20 Å². The number of aromatic nitrogens is 2. The van der Waals surface area contributed by atoms with Crippen LogP contribution < -0.4 is 10.6 Å². The van der Waals surface area contributed by atoms with Crippen molar-refractivity contribution in [3.63, 3.8) is 0 Å². The average molecular weight is 289 g/mol. The monoisotopic (exact) mass is 288 g/mol. The van der Waals surface area contributed by atoms with E-state index in [1.165, 1.54) is 0 Å². The van der Waals surface area contributed by atoms with Gasteiger partial charge in [-0.2, -0.15) is 16.7 Å². The van der Waals surface area contributed by atoms with Gasteiger partial charge in [0.15, 0.2) is 5.82 Å². The van der Waals surface area contributed by atoms with E-state index in [0.29, 0.717) is 22.8 Å². The Hall–Kier alpha value is -0.680. The molecule has 1 unspecified atom stereocenters. The fraction of sp³-hybridized carbons (Fsp3) is 0.667. The molecule has 0 saturated heterocycles. The van der Waals surface area contributed by atoms with E-state index in [9.17, 15) is 0 Å². The first-order valence-electron chi connectivity index (χ1n) is 6.23. The van der Waals surface area contributed by atoms with Crippen LogP contribution in [0.3, 0.4) is 0 Å². The Bertz CT molecular complexity index is 362. The standard InChI is InChI=1S/C12H21ClN4S/c1-4-6-14-12-15-7-10(13)11(17-12)16-9(5-2)8-18-3/h7,9H,4-6,8H2,1-3H3,(H2,14,15,16,17). The van der Waals surface area contributed by atoms with Crippen LogP contribution >= 0.6 is 23.4 Å². The molecule has 18 heavy (non-hydrogen) atoms. The Kier molecular flexibility index (Phi) is 7.20. The predicted octanol–water partition coefficient (Wildman–Crippen LogP) is 3.51. The van der Waals surface area contributed by atoms with Crippen LogP contribution in [0.15, 0.2) is 6.20 Å².